The number of hydrogen-bond acceptors (Lipinski definition) is 5. The average molecular weight is 571 g/mol. The number of carbonyl (C=O) groups is 2. The SMILES string of the molecule is CNC(=O)c1ccc(OC[C@@H](C)CCC2CCN(C(=O)[C@@](O)(c3cccc(OC)c3)C(F)(F)F)CC2)cc1Cl. The molecule has 2 atom stereocenters. The van der Waals surface area contributed by atoms with Crippen molar-refractivity contribution in [1.29, 1.82) is 0 Å². The lowest BCUT2D eigenvalue weighted by molar-refractivity contribution is -0.262. The zero-order valence-corrected chi connectivity index (χ0v) is 22.9. The van der Waals surface area contributed by atoms with Crippen LogP contribution in [-0.4, -0.2) is 61.9 Å². The van der Waals surface area contributed by atoms with Crippen molar-refractivity contribution >= 4 is 23.4 Å². The second-order valence-electron chi connectivity index (χ2n) is 9.89. The third kappa shape index (κ3) is 7.16. The maximum atomic E-state index is 14.0. The van der Waals surface area contributed by atoms with Crippen molar-refractivity contribution in [2.24, 2.45) is 11.8 Å². The molecule has 7 nitrogen and oxygen atoms in total. The van der Waals surface area contributed by atoms with Crippen molar-refractivity contribution in [1.82, 2.24) is 10.2 Å². The number of aliphatic hydroxyl groups is 1. The Balaban J connectivity index is 1.51. The molecule has 1 fully saturated rings. The van der Waals surface area contributed by atoms with Crippen LogP contribution < -0.4 is 14.8 Å². The molecule has 214 valence electrons. The number of alkyl halides is 3. The van der Waals surface area contributed by atoms with E-state index in [1.165, 1.54) is 26.3 Å². The van der Waals surface area contributed by atoms with Crippen LogP contribution in [0.15, 0.2) is 42.5 Å². The van der Waals surface area contributed by atoms with E-state index in [1.807, 2.05) is 6.92 Å². The van der Waals surface area contributed by atoms with E-state index in [2.05, 4.69) is 5.32 Å². The molecule has 39 heavy (non-hydrogen) atoms. The summed E-state index contributed by atoms with van der Waals surface area (Å²) in [6.45, 7) is 2.74. The van der Waals surface area contributed by atoms with Gasteiger partial charge in [-0.3, -0.25) is 9.59 Å². The van der Waals surface area contributed by atoms with Crippen LogP contribution in [0, 0.1) is 11.8 Å². The largest absolute Gasteiger partial charge is 0.497 e. The van der Waals surface area contributed by atoms with E-state index in [0.29, 0.717) is 35.8 Å². The number of nitrogens with zero attached hydrogens (tertiary/aromatic N) is 1. The number of amides is 2. The van der Waals surface area contributed by atoms with Gasteiger partial charge in [0.05, 0.1) is 24.3 Å². The highest BCUT2D eigenvalue weighted by Crippen LogP contribution is 2.42. The molecule has 1 aliphatic rings. The maximum absolute atomic E-state index is 14.0. The third-order valence-corrected chi connectivity index (χ3v) is 7.44. The quantitative estimate of drug-likeness (QED) is 0.410. The van der Waals surface area contributed by atoms with Gasteiger partial charge in [-0.2, -0.15) is 13.2 Å². The fourth-order valence-corrected chi connectivity index (χ4v) is 4.91. The first-order chi connectivity index (χ1) is 18.4. The minimum atomic E-state index is -5.20. The molecule has 0 radical (unpaired) electrons. The summed E-state index contributed by atoms with van der Waals surface area (Å²) in [5.74, 6) is -0.539. The Bertz CT molecular complexity index is 1150. The van der Waals surface area contributed by atoms with E-state index in [4.69, 9.17) is 21.1 Å². The summed E-state index contributed by atoms with van der Waals surface area (Å²) in [7, 11) is 2.82. The van der Waals surface area contributed by atoms with Gasteiger partial charge in [0.1, 0.15) is 11.5 Å². The predicted octanol–water partition coefficient (Wildman–Crippen LogP) is 5.19. The van der Waals surface area contributed by atoms with Gasteiger partial charge in [0.15, 0.2) is 0 Å². The Morgan fingerprint density at radius 1 is 1.15 bits per heavy atom. The lowest BCUT2D eigenvalue weighted by atomic mass is 9.87. The molecule has 1 heterocycles. The van der Waals surface area contributed by atoms with Crippen LogP contribution in [0.25, 0.3) is 0 Å². The van der Waals surface area contributed by atoms with Gasteiger partial charge in [0.25, 0.3) is 17.4 Å². The van der Waals surface area contributed by atoms with Gasteiger partial charge >= 0.3 is 6.18 Å². The third-order valence-electron chi connectivity index (χ3n) is 7.12. The van der Waals surface area contributed by atoms with Gasteiger partial charge in [-0.05, 0) is 67.9 Å². The molecular formula is C28H34ClF3N2O5. The molecule has 0 aromatic heterocycles. The molecule has 1 aliphatic heterocycles. The van der Waals surface area contributed by atoms with Crippen LogP contribution in [0.2, 0.25) is 5.02 Å². The van der Waals surface area contributed by atoms with Gasteiger partial charge in [0.2, 0.25) is 0 Å². The molecule has 2 aromatic carbocycles. The van der Waals surface area contributed by atoms with Crippen LogP contribution in [0.1, 0.15) is 48.5 Å². The Morgan fingerprint density at radius 2 is 1.85 bits per heavy atom. The number of carbonyl (C=O) groups excluding carboxylic acids is 2. The fourth-order valence-electron chi connectivity index (χ4n) is 4.66. The first-order valence-corrected chi connectivity index (χ1v) is 13.2. The molecule has 0 unspecified atom stereocenters. The minimum Gasteiger partial charge on any atom is -0.497 e. The second kappa shape index (κ2) is 12.9. The minimum absolute atomic E-state index is 0.115. The summed E-state index contributed by atoms with van der Waals surface area (Å²) in [6.07, 6.45) is -2.44. The number of likely N-dealkylation sites (tertiary alicyclic amines) is 1. The number of rotatable bonds is 10. The zero-order chi connectivity index (χ0) is 28.8. The molecule has 11 heteroatoms. The van der Waals surface area contributed by atoms with Gasteiger partial charge in [-0.1, -0.05) is 30.7 Å². The summed E-state index contributed by atoms with van der Waals surface area (Å²) in [5.41, 5.74) is -3.86. The van der Waals surface area contributed by atoms with Crippen LogP contribution in [-0.2, 0) is 10.4 Å². The normalized spacial score (nSPS) is 16.8. The van der Waals surface area contributed by atoms with E-state index >= 15 is 0 Å². The van der Waals surface area contributed by atoms with Gasteiger partial charge in [-0.15, -0.1) is 0 Å². The predicted molar refractivity (Wildman–Crippen MR) is 141 cm³/mol. The van der Waals surface area contributed by atoms with Gasteiger partial charge in [0, 0.05) is 25.7 Å². The van der Waals surface area contributed by atoms with E-state index in [1.54, 1.807) is 18.2 Å². The van der Waals surface area contributed by atoms with Crippen LogP contribution >= 0.6 is 11.6 Å². The van der Waals surface area contributed by atoms with E-state index < -0.39 is 23.2 Å². The first kappa shape index (κ1) is 30.6. The van der Waals surface area contributed by atoms with Crippen LogP contribution in [0.5, 0.6) is 11.5 Å². The molecule has 3 rings (SSSR count). The number of hydrogen-bond donors (Lipinski definition) is 2. The standard InChI is InChI=1S/C28H34ClF3N2O5/c1-18(17-39-22-9-10-23(24(29)16-22)25(35)33-2)7-8-19-11-13-34(14-12-19)26(36)27(37,28(30,31)32)20-5-4-6-21(15-20)38-3/h4-6,9-10,15-16,18-19,37H,7-8,11-14,17H2,1-3H3,(H,33,35)/t18-,27-/m0/s1. The number of piperidine rings is 1. The lowest BCUT2D eigenvalue weighted by Crippen LogP contribution is -2.57. The summed E-state index contributed by atoms with van der Waals surface area (Å²) in [6, 6.07) is 9.75. The monoisotopic (exact) mass is 570 g/mol. The molecule has 2 amide bonds. The Hall–Kier alpha value is -2.98. The lowest BCUT2D eigenvalue weighted by Gasteiger charge is -2.38. The molecule has 2 aromatic rings. The van der Waals surface area contributed by atoms with Crippen molar-refractivity contribution in [3.05, 3.63) is 58.6 Å². The van der Waals surface area contributed by atoms with Crippen molar-refractivity contribution < 1.29 is 37.3 Å². The number of benzene rings is 2. The number of halogens is 4. The highest BCUT2D eigenvalue weighted by atomic mass is 35.5. The summed E-state index contributed by atoms with van der Waals surface area (Å²) >= 11 is 6.16. The number of ether oxygens (including phenoxy) is 2. The molecular weight excluding hydrogens is 537 g/mol. The number of nitrogens with one attached hydrogen (secondary N) is 1. The summed E-state index contributed by atoms with van der Waals surface area (Å²) in [5, 5.41) is 13.5. The highest BCUT2D eigenvalue weighted by Gasteiger charge is 2.62. The molecule has 2 N–H and O–H groups in total. The second-order valence-corrected chi connectivity index (χ2v) is 10.3. The van der Waals surface area contributed by atoms with Crippen LogP contribution in [0.3, 0.4) is 0 Å². The molecule has 1 saturated heterocycles. The number of methoxy groups -OCH3 is 1. The molecule has 0 aliphatic carbocycles. The fraction of sp³-hybridized carbons (Fsp3) is 0.500. The molecule has 0 spiro atoms. The van der Waals surface area contributed by atoms with Gasteiger partial charge in [-0.25, -0.2) is 0 Å². The van der Waals surface area contributed by atoms with E-state index in [9.17, 15) is 27.9 Å². The Kier molecular flexibility index (Phi) is 10.1. The molecule has 0 saturated carbocycles. The van der Waals surface area contributed by atoms with Crippen molar-refractivity contribution in [3.8, 4) is 11.5 Å². The summed E-state index contributed by atoms with van der Waals surface area (Å²) < 4.78 is 52.9. The zero-order valence-electron chi connectivity index (χ0n) is 22.2. The van der Waals surface area contributed by atoms with Crippen LogP contribution in [0.4, 0.5) is 13.2 Å². The Morgan fingerprint density at radius 3 is 2.44 bits per heavy atom. The highest BCUT2D eigenvalue weighted by molar-refractivity contribution is 6.34. The summed E-state index contributed by atoms with van der Waals surface area (Å²) in [4.78, 5) is 25.9. The Labute approximate surface area is 231 Å². The smallest absolute Gasteiger partial charge is 0.430 e. The van der Waals surface area contributed by atoms with Gasteiger partial charge < -0.3 is 24.8 Å². The van der Waals surface area contributed by atoms with E-state index in [0.717, 1.165) is 29.9 Å². The average Bonchev–Trinajstić information content (AvgIpc) is 2.93. The topological polar surface area (TPSA) is 88.1 Å². The van der Waals surface area contributed by atoms with Crippen molar-refractivity contribution in [3.63, 3.8) is 0 Å². The maximum Gasteiger partial charge on any atom is 0.430 e. The van der Waals surface area contributed by atoms with Crippen molar-refractivity contribution in [2.75, 3.05) is 33.9 Å². The van der Waals surface area contributed by atoms with E-state index in [-0.39, 0.29) is 36.6 Å². The molecule has 0 bridgehead atoms. The first-order valence-electron chi connectivity index (χ1n) is 12.8. The van der Waals surface area contributed by atoms with Crippen molar-refractivity contribution in [2.45, 2.75) is 44.4 Å².